The molecule has 1 fully saturated rings. The number of carboxylic acid groups (broad SMARTS) is 1. The Morgan fingerprint density at radius 2 is 1.59 bits per heavy atom. The van der Waals surface area contributed by atoms with Gasteiger partial charge in [0.2, 0.25) is 5.91 Å². The maximum atomic E-state index is 12.7. The van der Waals surface area contributed by atoms with E-state index < -0.39 is 12.1 Å². The summed E-state index contributed by atoms with van der Waals surface area (Å²) >= 11 is 0. The van der Waals surface area contributed by atoms with Crippen molar-refractivity contribution in [2.24, 2.45) is 17.8 Å². The Balaban J connectivity index is 1.29. The van der Waals surface area contributed by atoms with Crippen molar-refractivity contribution in [2.45, 2.75) is 38.5 Å². The molecule has 2 aromatic carbocycles. The number of amides is 2. The van der Waals surface area contributed by atoms with Crippen molar-refractivity contribution < 1.29 is 24.2 Å². The van der Waals surface area contributed by atoms with Gasteiger partial charge in [-0.2, -0.15) is 0 Å². The minimum absolute atomic E-state index is 0.00553. The third kappa shape index (κ3) is 5.95. The number of benzene rings is 2. The molecule has 34 heavy (non-hydrogen) atoms. The minimum Gasteiger partial charge on any atom is -0.481 e. The van der Waals surface area contributed by atoms with E-state index in [9.17, 15) is 14.4 Å². The molecule has 0 radical (unpaired) electrons. The van der Waals surface area contributed by atoms with E-state index in [0.29, 0.717) is 18.9 Å². The van der Waals surface area contributed by atoms with Crippen LogP contribution in [0, 0.1) is 17.8 Å². The number of hydrogen-bond donors (Lipinski definition) is 3. The molecule has 0 heterocycles. The summed E-state index contributed by atoms with van der Waals surface area (Å²) in [4.78, 5) is 36.0. The van der Waals surface area contributed by atoms with E-state index in [4.69, 9.17) is 9.84 Å². The summed E-state index contributed by atoms with van der Waals surface area (Å²) in [6.45, 7) is 2.52. The second kappa shape index (κ2) is 10.7. The lowest BCUT2D eigenvalue weighted by atomic mass is 9.98. The van der Waals surface area contributed by atoms with Crippen LogP contribution in [0.1, 0.15) is 49.7 Å². The molecule has 0 bridgehead atoms. The molecule has 4 rings (SSSR count). The van der Waals surface area contributed by atoms with Gasteiger partial charge in [0.25, 0.3) is 0 Å². The van der Waals surface area contributed by atoms with E-state index in [0.717, 1.165) is 24.0 Å². The second-order valence-electron chi connectivity index (χ2n) is 9.53. The van der Waals surface area contributed by atoms with Crippen molar-refractivity contribution in [3.8, 4) is 11.1 Å². The number of nitrogens with one attached hydrogen (secondary N) is 2. The van der Waals surface area contributed by atoms with Crippen molar-refractivity contribution >= 4 is 18.0 Å². The molecular formula is C27H32N2O5. The molecule has 180 valence electrons. The smallest absolute Gasteiger partial charge is 0.407 e. The lowest BCUT2D eigenvalue weighted by Gasteiger charge is -2.19. The zero-order valence-electron chi connectivity index (χ0n) is 19.5. The van der Waals surface area contributed by atoms with Crippen LogP contribution < -0.4 is 10.6 Å². The first-order valence-corrected chi connectivity index (χ1v) is 12.0. The molecule has 2 aromatic rings. The van der Waals surface area contributed by atoms with Gasteiger partial charge in [0.1, 0.15) is 6.61 Å². The Kier molecular flexibility index (Phi) is 7.50. The molecule has 2 unspecified atom stereocenters. The van der Waals surface area contributed by atoms with Gasteiger partial charge in [-0.1, -0.05) is 68.3 Å². The summed E-state index contributed by atoms with van der Waals surface area (Å²) < 4.78 is 5.59. The van der Waals surface area contributed by atoms with Crippen LogP contribution in [0.2, 0.25) is 0 Å². The standard InChI is InChI=1S/C27H32N2O5/c1-17(12-25(30)31)14-28-26(32)19(13-18-10-11-18)15-29-27(33)34-16-24-22-8-4-2-6-20(22)21-7-3-5-9-23(21)24/h2-9,17-19,24H,10-16H2,1H3,(H,28,32)(H,29,33)(H,30,31). The number of aliphatic carboxylic acids is 1. The van der Waals surface area contributed by atoms with Crippen molar-refractivity contribution in [2.75, 3.05) is 19.7 Å². The van der Waals surface area contributed by atoms with Gasteiger partial charge in [-0.3, -0.25) is 9.59 Å². The fourth-order valence-electron chi connectivity index (χ4n) is 4.68. The number of carbonyl (C=O) groups excluding carboxylic acids is 2. The van der Waals surface area contributed by atoms with Gasteiger partial charge in [0.15, 0.2) is 0 Å². The summed E-state index contributed by atoms with van der Waals surface area (Å²) in [5, 5.41) is 14.5. The summed E-state index contributed by atoms with van der Waals surface area (Å²) in [7, 11) is 0. The quantitative estimate of drug-likeness (QED) is 0.463. The Morgan fingerprint density at radius 3 is 2.18 bits per heavy atom. The second-order valence-corrected chi connectivity index (χ2v) is 9.53. The third-order valence-corrected chi connectivity index (χ3v) is 6.67. The molecule has 0 aromatic heterocycles. The lowest BCUT2D eigenvalue weighted by molar-refractivity contribution is -0.138. The number of carbonyl (C=O) groups is 3. The van der Waals surface area contributed by atoms with Gasteiger partial charge in [-0.25, -0.2) is 4.79 Å². The van der Waals surface area contributed by atoms with Crippen LogP contribution in [0.3, 0.4) is 0 Å². The number of fused-ring (bicyclic) bond motifs is 3. The predicted molar refractivity (Wildman–Crippen MR) is 128 cm³/mol. The molecule has 2 aliphatic carbocycles. The third-order valence-electron chi connectivity index (χ3n) is 6.67. The number of rotatable bonds is 11. The van der Waals surface area contributed by atoms with Crippen molar-refractivity contribution in [1.82, 2.24) is 10.6 Å². The molecular weight excluding hydrogens is 432 g/mol. The van der Waals surface area contributed by atoms with Crippen LogP contribution in [-0.4, -0.2) is 42.8 Å². The summed E-state index contributed by atoms with van der Waals surface area (Å²) in [5.41, 5.74) is 4.65. The SMILES string of the molecule is CC(CNC(=O)C(CNC(=O)OCC1c2ccccc2-c2ccccc21)CC1CC1)CC(=O)O. The van der Waals surface area contributed by atoms with Crippen LogP contribution in [0.4, 0.5) is 4.79 Å². The Bertz CT molecular complexity index is 1000. The van der Waals surface area contributed by atoms with Crippen LogP contribution in [0.25, 0.3) is 11.1 Å². The van der Waals surface area contributed by atoms with Crippen molar-refractivity contribution in [1.29, 1.82) is 0 Å². The fraction of sp³-hybridized carbons (Fsp3) is 0.444. The molecule has 2 aliphatic rings. The highest BCUT2D eigenvalue weighted by Crippen LogP contribution is 2.44. The number of ether oxygens (including phenoxy) is 1. The van der Waals surface area contributed by atoms with Gasteiger partial charge in [-0.05, 0) is 40.5 Å². The molecule has 2 amide bonds. The number of carboxylic acids is 1. The predicted octanol–water partition coefficient (Wildman–Crippen LogP) is 4.17. The molecule has 0 aliphatic heterocycles. The van der Waals surface area contributed by atoms with Crippen LogP contribution >= 0.6 is 0 Å². The van der Waals surface area contributed by atoms with Crippen molar-refractivity contribution in [3.05, 3.63) is 59.7 Å². The highest BCUT2D eigenvalue weighted by Gasteiger charge is 2.31. The first-order chi connectivity index (χ1) is 16.4. The first kappa shape index (κ1) is 23.8. The first-order valence-electron chi connectivity index (χ1n) is 12.0. The maximum Gasteiger partial charge on any atom is 0.407 e. The van der Waals surface area contributed by atoms with E-state index in [1.165, 1.54) is 11.1 Å². The molecule has 0 spiro atoms. The average Bonchev–Trinajstić information content (AvgIpc) is 3.59. The topological polar surface area (TPSA) is 105 Å². The molecule has 7 nitrogen and oxygen atoms in total. The Labute approximate surface area is 199 Å². The van der Waals surface area contributed by atoms with Crippen LogP contribution in [-0.2, 0) is 14.3 Å². The highest BCUT2D eigenvalue weighted by atomic mass is 16.5. The maximum absolute atomic E-state index is 12.7. The van der Waals surface area contributed by atoms with E-state index in [1.807, 2.05) is 24.3 Å². The normalized spacial score (nSPS) is 16.1. The summed E-state index contributed by atoms with van der Waals surface area (Å²) in [6, 6.07) is 16.3. The van der Waals surface area contributed by atoms with Crippen LogP contribution in [0.5, 0.6) is 0 Å². The zero-order valence-corrected chi connectivity index (χ0v) is 19.5. The molecule has 7 heteroatoms. The van der Waals surface area contributed by atoms with E-state index in [-0.39, 0.29) is 43.2 Å². The largest absolute Gasteiger partial charge is 0.481 e. The lowest BCUT2D eigenvalue weighted by Crippen LogP contribution is -2.41. The van der Waals surface area contributed by atoms with E-state index >= 15 is 0 Å². The van der Waals surface area contributed by atoms with Gasteiger partial charge < -0.3 is 20.5 Å². The fourth-order valence-corrected chi connectivity index (χ4v) is 4.68. The molecule has 0 saturated heterocycles. The molecule has 2 atom stereocenters. The Morgan fingerprint density at radius 1 is 0.971 bits per heavy atom. The minimum atomic E-state index is -0.881. The summed E-state index contributed by atoms with van der Waals surface area (Å²) in [6.07, 6.45) is 2.39. The van der Waals surface area contributed by atoms with Gasteiger partial charge in [-0.15, -0.1) is 0 Å². The average molecular weight is 465 g/mol. The summed E-state index contributed by atoms with van der Waals surface area (Å²) in [5.74, 6) is -1.05. The monoisotopic (exact) mass is 464 g/mol. The van der Waals surface area contributed by atoms with E-state index in [1.54, 1.807) is 6.92 Å². The van der Waals surface area contributed by atoms with E-state index in [2.05, 4.69) is 34.9 Å². The molecule has 1 saturated carbocycles. The molecule has 3 N–H and O–H groups in total. The van der Waals surface area contributed by atoms with Crippen LogP contribution in [0.15, 0.2) is 48.5 Å². The van der Waals surface area contributed by atoms with Gasteiger partial charge in [0.05, 0.1) is 5.92 Å². The van der Waals surface area contributed by atoms with Crippen molar-refractivity contribution in [3.63, 3.8) is 0 Å². The zero-order chi connectivity index (χ0) is 24.1. The highest BCUT2D eigenvalue weighted by molar-refractivity contribution is 5.80. The van der Waals surface area contributed by atoms with Gasteiger partial charge >= 0.3 is 12.1 Å². The number of alkyl carbamates (subject to hydrolysis) is 1. The van der Waals surface area contributed by atoms with Gasteiger partial charge in [0, 0.05) is 25.4 Å². The Hall–Kier alpha value is -3.35. The number of hydrogen-bond acceptors (Lipinski definition) is 4.